The molecule has 126 valence electrons. The van der Waals surface area contributed by atoms with Gasteiger partial charge in [-0.25, -0.2) is 9.37 Å². The Morgan fingerprint density at radius 2 is 1.50 bits per heavy atom. The Bertz CT molecular complexity index is 1170. The maximum Gasteiger partial charge on any atom is 0.134 e. The zero-order valence-electron chi connectivity index (χ0n) is 14.8. The number of aromatic nitrogens is 1. The maximum absolute atomic E-state index is 14.5. The van der Waals surface area contributed by atoms with Crippen LogP contribution in [-0.4, -0.2) is 4.98 Å². The number of nitrogens with zero attached hydrogens (tertiary/aromatic N) is 1. The zero-order chi connectivity index (χ0) is 17.9. The van der Waals surface area contributed by atoms with Crippen LogP contribution in [0.3, 0.4) is 0 Å². The van der Waals surface area contributed by atoms with Crippen LogP contribution < -0.4 is 0 Å². The van der Waals surface area contributed by atoms with E-state index in [1.54, 1.807) is 12.1 Å². The van der Waals surface area contributed by atoms with Crippen LogP contribution in [-0.2, 0) is 5.41 Å². The van der Waals surface area contributed by atoms with Crippen molar-refractivity contribution in [1.29, 1.82) is 0 Å². The van der Waals surface area contributed by atoms with Gasteiger partial charge in [-0.1, -0.05) is 62.4 Å². The van der Waals surface area contributed by atoms with Crippen LogP contribution in [0, 0.1) is 5.82 Å². The standard InChI is InChI=1S/C24H18FN/c1-24(2)19-9-5-3-7-16(19)17-12-11-15(13-20(17)24)23-14-21(25)18-8-4-6-10-22(18)26-23/h3-14H,1-2H3. The molecule has 1 heterocycles. The third-order valence-electron chi connectivity index (χ3n) is 5.54. The summed E-state index contributed by atoms with van der Waals surface area (Å²) >= 11 is 0. The molecule has 0 saturated heterocycles. The molecule has 0 radical (unpaired) electrons. The number of hydrogen-bond acceptors (Lipinski definition) is 1. The van der Waals surface area contributed by atoms with Gasteiger partial charge in [0.2, 0.25) is 0 Å². The molecule has 0 N–H and O–H groups in total. The van der Waals surface area contributed by atoms with Crippen molar-refractivity contribution in [3.63, 3.8) is 0 Å². The predicted molar refractivity (Wildman–Crippen MR) is 105 cm³/mol. The number of hydrogen-bond donors (Lipinski definition) is 0. The molecular weight excluding hydrogens is 321 g/mol. The van der Waals surface area contributed by atoms with Crippen LogP contribution in [0.1, 0.15) is 25.0 Å². The first-order chi connectivity index (χ1) is 12.6. The van der Waals surface area contributed by atoms with Crippen molar-refractivity contribution in [2.45, 2.75) is 19.3 Å². The van der Waals surface area contributed by atoms with Gasteiger partial charge >= 0.3 is 0 Å². The van der Waals surface area contributed by atoms with Crippen molar-refractivity contribution < 1.29 is 4.39 Å². The fourth-order valence-electron chi connectivity index (χ4n) is 4.14. The van der Waals surface area contributed by atoms with Gasteiger partial charge in [0.1, 0.15) is 5.82 Å². The van der Waals surface area contributed by atoms with Gasteiger partial charge < -0.3 is 0 Å². The lowest BCUT2D eigenvalue weighted by Gasteiger charge is -2.21. The van der Waals surface area contributed by atoms with E-state index in [2.05, 4.69) is 55.2 Å². The Morgan fingerprint density at radius 1 is 0.769 bits per heavy atom. The Hall–Kier alpha value is -3.00. The molecule has 0 amide bonds. The molecule has 3 aromatic carbocycles. The lowest BCUT2D eigenvalue weighted by Crippen LogP contribution is -2.14. The summed E-state index contributed by atoms with van der Waals surface area (Å²) in [5.41, 5.74) is 7.40. The van der Waals surface area contributed by atoms with E-state index >= 15 is 0 Å². The molecule has 5 rings (SSSR count). The molecule has 0 fully saturated rings. The van der Waals surface area contributed by atoms with Crippen LogP contribution in [0.5, 0.6) is 0 Å². The van der Waals surface area contributed by atoms with E-state index in [0.29, 0.717) is 16.6 Å². The summed E-state index contributed by atoms with van der Waals surface area (Å²) < 4.78 is 14.5. The quantitative estimate of drug-likeness (QED) is 0.394. The lowest BCUT2D eigenvalue weighted by atomic mass is 9.82. The highest BCUT2D eigenvalue weighted by molar-refractivity contribution is 5.85. The zero-order valence-corrected chi connectivity index (χ0v) is 14.8. The van der Waals surface area contributed by atoms with Crippen molar-refractivity contribution in [3.8, 4) is 22.4 Å². The summed E-state index contributed by atoms with van der Waals surface area (Å²) in [4.78, 5) is 4.69. The minimum absolute atomic E-state index is 0.0721. The highest BCUT2D eigenvalue weighted by Gasteiger charge is 2.35. The summed E-state index contributed by atoms with van der Waals surface area (Å²) in [5.74, 6) is -0.228. The third-order valence-corrected chi connectivity index (χ3v) is 5.54. The summed E-state index contributed by atoms with van der Waals surface area (Å²) in [6, 6.07) is 23.8. The highest BCUT2D eigenvalue weighted by Crippen LogP contribution is 2.49. The van der Waals surface area contributed by atoms with Gasteiger partial charge in [0.15, 0.2) is 0 Å². The van der Waals surface area contributed by atoms with Gasteiger partial charge in [0.05, 0.1) is 11.2 Å². The van der Waals surface area contributed by atoms with E-state index in [0.717, 1.165) is 5.56 Å². The lowest BCUT2D eigenvalue weighted by molar-refractivity contribution is 0.639. The second kappa shape index (κ2) is 5.25. The van der Waals surface area contributed by atoms with E-state index < -0.39 is 0 Å². The van der Waals surface area contributed by atoms with E-state index in [9.17, 15) is 4.39 Å². The Labute approximate surface area is 152 Å². The molecule has 2 heteroatoms. The van der Waals surface area contributed by atoms with Crippen LogP contribution in [0.15, 0.2) is 72.8 Å². The average molecular weight is 339 g/mol. The molecule has 1 aromatic heterocycles. The topological polar surface area (TPSA) is 12.9 Å². The summed E-state index contributed by atoms with van der Waals surface area (Å²) in [6.45, 7) is 4.49. The fourth-order valence-corrected chi connectivity index (χ4v) is 4.14. The van der Waals surface area contributed by atoms with Crippen LogP contribution in [0.2, 0.25) is 0 Å². The highest BCUT2D eigenvalue weighted by atomic mass is 19.1. The first-order valence-electron chi connectivity index (χ1n) is 8.86. The van der Waals surface area contributed by atoms with Gasteiger partial charge in [-0.15, -0.1) is 0 Å². The van der Waals surface area contributed by atoms with Gasteiger partial charge in [0.25, 0.3) is 0 Å². The largest absolute Gasteiger partial charge is 0.248 e. The van der Waals surface area contributed by atoms with Crippen molar-refractivity contribution in [3.05, 3.63) is 89.7 Å². The van der Waals surface area contributed by atoms with Crippen LogP contribution >= 0.6 is 0 Å². The molecule has 1 aliphatic carbocycles. The molecule has 0 atom stereocenters. The first kappa shape index (κ1) is 15.3. The molecule has 0 saturated carbocycles. The number of para-hydroxylation sites is 1. The molecule has 26 heavy (non-hydrogen) atoms. The summed E-state index contributed by atoms with van der Waals surface area (Å²) in [6.07, 6.45) is 0. The van der Waals surface area contributed by atoms with Gasteiger partial charge in [0, 0.05) is 22.4 Å². The SMILES string of the molecule is CC1(C)c2ccccc2-c2ccc(-c3cc(F)c4ccccc4n3)cc21. The van der Waals surface area contributed by atoms with E-state index in [1.165, 1.54) is 22.3 Å². The number of fused-ring (bicyclic) bond motifs is 4. The van der Waals surface area contributed by atoms with E-state index in [-0.39, 0.29) is 11.2 Å². The molecule has 1 aliphatic rings. The summed E-state index contributed by atoms with van der Waals surface area (Å²) in [7, 11) is 0. The Morgan fingerprint density at radius 3 is 2.38 bits per heavy atom. The van der Waals surface area contributed by atoms with Crippen LogP contribution in [0.25, 0.3) is 33.3 Å². The molecular formula is C24H18FN. The molecule has 1 nitrogen and oxygen atoms in total. The number of rotatable bonds is 1. The van der Waals surface area contributed by atoms with E-state index in [4.69, 9.17) is 0 Å². The minimum Gasteiger partial charge on any atom is -0.248 e. The molecule has 0 spiro atoms. The fraction of sp³-hybridized carbons (Fsp3) is 0.125. The summed E-state index contributed by atoms with van der Waals surface area (Å²) in [5, 5.41) is 0.560. The van der Waals surface area contributed by atoms with Crippen molar-refractivity contribution >= 4 is 10.9 Å². The van der Waals surface area contributed by atoms with Crippen molar-refractivity contribution in [2.75, 3.05) is 0 Å². The Balaban J connectivity index is 1.72. The van der Waals surface area contributed by atoms with Gasteiger partial charge in [-0.3, -0.25) is 0 Å². The molecule has 0 bridgehead atoms. The minimum atomic E-state index is -0.228. The second-order valence-electron chi connectivity index (χ2n) is 7.44. The van der Waals surface area contributed by atoms with Gasteiger partial charge in [-0.2, -0.15) is 0 Å². The monoisotopic (exact) mass is 339 g/mol. The maximum atomic E-state index is 14.5. The normalized spacial score (nSPS) is 14.3. The van der Waals surface area contributed by atoms with Crippen molar-refractivity contribution in [1.82, 2.24) is 4.98 Å². The number of halogens is 1. The van der Waals surface area contributed by atoms with Crippen LogP contribution in [0.4, 0.5) is 4.39 Å². The van der Waals surface area contributed by atoms with Crippen molar-refractivity contribution in [2.24, 2.45) is 0 Å². The molecule has 0 aliphatic heterocycles. The van der Waals surface area contributed by atoms with E-state index in [1.807, 2.05) is 24.3 Å². The smallest absolute Gasteiger partial charge is 0.134 e. The molecule has 0 unspecified atom stereocenters. The molecule has 4 aromatic rings. The third kappa shape index (κ3) is 2.05. The first-order valence-corrected chi connectivity index (χ1v) is 8.86. The van der Waals surface area contributed by atoms with Gasteiger partial charge in [-0.05, 0) is 40.5 Å². The average Bonchev–Trinajstić information content (AvgIpc) is 2.89. The number of benzene rings is 3. The second-order valence-corrected chi connectivity index (χ2v) is 7.44. The Kier molecular flexibility index (Phi) is 3.08. The number of pyridine rings is 1. The predicted octanol–water partition coefficient (Wildman–Crippen LogP) is 6.35.